The van der Waals surface area contributed by atoms with Crippen LogP contribution in [0.5, 0.6) is 5.75 Å². The van der Waals surface area contributed by atoms with Gasteiger partial charge in [0, 0.05) is 25.1 Å². The molecule has 3 rings (SSSR count). The Labute approximate surface area is 135 Å². The molecule has 1 aromatic heterocycles. The Morgan fingerprint density at radius 1 is 1.41 bits per heavy atom. The molecule has 1 aromatic carbocycles. The van der Waals surface area contributed by atoms with Crippen molar-refractivity contribution in [2.75, 3.05) is 19.7 Å². The molecule has 0 saturated carbocycles. The second-order valence-corrected chi connectivity index (χ2v) is 6.56. The first-order valence-corrected chi connectivity index (χ1v) is 8.70. The highest BCUT2D eigenvalue weighted by molar-refractivity contribution is 7.07. The zero-order chi connectivity index (χ0) is 15.2. The van der Waals surface area contributed by atoms with Crippen molar-refractivity contribution >= 4 is 11.3 Å². The van der Waals surface area contributed by atoms with E-state index >= 15 is 0 Å². The van der Waals surface area contributed by atoms with Gasteiger partial charge in [-0.1, -0.05) is 12.1 Å². The van der Waals surface area contributed by atoms with Crippen LogP contribution in [0.4, 0.5) is 0 Å². The fraction of sp³-hybridized carbons (Fsp3) is 0.471. The lowest BCUT2D eigenvalue weighted by molar-refractivity contribution is 0.116. The topological polar surface area (TPSA) is 45.6 Å². The van der Waals surface area contributed by atoms with Crippen molar-refractivity contribution in [1.29, 1.82) is 0 Å². The molecule has 5 heteroatoms. The maximum Gasteiger partial charge on any atom is 0.131 e. The molecule has 0 spiro atoms. The van der Waals surface area contributed by atoms with Gasteiger partial charge in [-0.05, 0) is 43.0 Å². The number of piperidine rings is 1. The van der Waals surface area contributed by atoms with Gasteiger partial charge in [0.25, 0.3) is 0 Å². The van der Waals surface area contributed by atoms with Crippen LogP contribution < -0.4 is 4.74 Å². The molecule has 1 aliphatic rings. The monoisotopic (exact) mass is 318 g/mol. The molecule has 22 heavy (non-hydrogen) atoms. The van der Waals surface area contributed by atoms with Gasteiger partial charge >= 0.3 is 0 Å². The molecular formula is C17H22N2O2S. The molecule has 4 nitrogen and oxygen atoms in total. The zero-order valence-electron chi connectivity index (χ0n) is 12.6. The predicted molar refractivity (Wildman–Crippen MR) is 88.0 cm³/mol. The highest BCUT2D eigenvalue weighted by Gasteiger charge is 2.19. The fourth-order valence-corrected chi connectivity index (χ4v) is 3.44. The summed E-state index contributed by atoms with van der Waals surface area (Å²) in [5.41, 5.74) is 4.05. The summed E-state index contributed by atoms with van der Waals surface area (Å²) >= 11 is 1.59. The number of thiazole rings is 1. The number of nitrogens with zero attached hydrogens (tertiary/aromatic N) is 2. The molecule has 2 heterocycles. The maximum atomic E-state index is 9.33. The van der Waals surface area contributed by atoms with Gasteiger partial charge in [-0.2, -0.15) is 0 Å². The minimum atomic E-state index is 0.299. The Kier molecular flexibility index (Phi) is 5.43. The summed E-state index contributed by atoms with van der Waals surface area (Å²) in [5.74, 6) is 1.32. The van der Waals surface area contributed by atoms with Crippen molar-refractivity contribution in [3.63, 3.8) is 0 Å². The van der Waals surface area contributed by atoms with Gasteiger partial charge in [-0.3, -0.25) is 4.90 Å². The van der Waals surface area contributed by atoms with E-state index < -0.39 is 0 Å². The first-order valence-electron chi connectivity index (χ1n) is 7.75. The summed E-state index contributed by atoms with van der Waals surface area (Å²) in [6.45, 7) is 3.84. The number of benzene rings is 1. The number of aliphatic hydroxyl groups excluding tert-OH is 1. The number of aromatic nitrogens is 1. The van der Waals surface area contributed by atoms with Crippen LogP contribution in [0.2, 0.25) is 0 Å². The maximum absolute atomic E-state index is 9.33. The number of hydrogen-bond donors (Lipinski definition) is 1. The Bertz CT molecular complexity index is 574. The number of hydrogen-bond acceptors (Lipinski definition) is 5. The van der Waals surface area contributed by atoms with Gasteiger partial charge in [-0.25, -0.2) is 4.98 Å². The molecule has 0 radical (unpaired) electrons. The zero-order valence-corrected chi connectivity index (χ0v) is 13.5. The average Bonchev–Trinajstić information content (AvgIpc) is 3.07. The van der Waals surface area contributed by atoms with Crippen molar-refractivity contribution in [2.45, 2.75) is 26.0 Å². The van der Waals surface area contributed by atoms with Crippen LogP contribution in [0.15, 0.2) is 35.2 Å². The van der Waals surface area contributed by atoms with E-state index in [1.165, 1.54) is 12.0 Å². The van der Waals surface area contributed by atoms with Crippen LogP contribution in [0.1, 0.15) is 24.1 Å². The lowest BCUT2D eigenvalue weighted by Crippen LogP contribution is -2.36. The van der Waals surface area contributed by atoms with Crippen LogP contribution in [-0.2, 0) is 13.2 Å². The molecule has 0 aliphatic carbocycles. The molecule has 0 bridgehead atoms. The van der Waals surface area contributed by atoms with Gasteiger partial charge < -0.3 is 9.84 Å². The molecular weight excluding hydrogens is 296 g/mol. The van der Waals surface area contributed by atoms with E-state index in [0.29, 0.717) is 19.1 Å². The molecule has 1 saturated heterocycles. The van der Waals surface area contributed by atoms with E-state index in [0.717, 1.165) is 37.5 Å². The van der Waals surface area contributed by atoms with E-state index in [-0.39, 0.29) is 0 Å². The second-order valence-electron chi connectivity index (χ2n) is 5.84. The van der Waals surface area contributed by atoms with Crippen LogP contribution in [0.3, 0.4) is 0 Å². The minimum Gasteiger partial charge on any atom is -0.487 e. The molecule has 1 aliphatic heterocycles. The van der Waals surface area contributed by atoms with Gasteiger partial charge in [0.05, 0.1) is 11.2 Å². The predicted octanol–water partition coefficient (Wildman–Crippen LogP) is 2.93. The van der Waals surface area contributed by atoms with Crippen molar-refractivity contribution in [2.24, 2.45) is 5.92 Å². The Balaban J connectivity index is 1.56. The van der Waals surface area contributed by atoms with Gasteiger partial charge in [0.2, 0.25) is 0 Å². The van der Waals surface area contributed by atoms with Crippen LogP contribution in [0, 0.1) is 5.92 Å². The Morgan fingerprint density at radius 3 is 3.18 bits per heavy atom. The first kappa shape index (κ1) is 15.5. The van der Waals surface area contributed by atoms with Gasteiger partial charge in [0.1, 0.15) is 12.4 Å². The molecule has 2 aromatic rings. The fourth-order valence-electron chi connectivity index (χ4n) is 2.90. The summed E-state index contributed by atoms with van der Waals surface area (Å²) in [5, 5.41) is 11.3. The first-order chi connectivity index (χ1) is 10.8. The van der Waals surface area contributed by atoms with Crippen LogP contribution in [0.25, 0.3) is 0 Å². The summed E-state index contributed by atoms with van der Waals surface area (Å²) in [4.78, 5) is 6.65. The van der Waals surface area contributed by atoms with Crippen molar-refractivity contribution in [1.82, 2.24) is 9.88 Å². The standard InChI is InChI=1S/C17H22N2O2S/c20-10-15-4-2-6-19(9-15)8-14-3-1-5-17(7-14)21-11-16-12-22-13-18-16/h1,3,5,7,12-13,15,20H,2,4,6,8-11H2. The number of aliphatic hydroxyl groups is 1. The number of ether oxygens (including phenoxy) is 1. The molecule has 1 fully saturated rings. The van der Waals surface area contributed by atoms with Crippen molar-refractivity contribution in [3.05, 3.63) is 46.4 Å². The summed E-state index contributed by atoms with van der Waals surface area (Å²) in [6.07, 6.45) is 2.31. The van der Waals surface area contributed by atoms with E-state index in [4.69, 9.17) is 4.74 Å². The summed E-state index contributed by atoms with van der Waals surface area (Å²) in [6, 6.07) is 8.27. The summed E-state index contributed by atoms with van der Waals surface area (Å²) in [7, 11) is 0. The minimum absolute atomic E-state index is 0.299. The Morgan fingerprint density at radius 2 is 2.36 bits per heavy atom. The molecule has 118 valence electrons. The third-order valence-corrected chi connectivity index (χ3v) is 4.67. The SMILES string of the molecule is OCC1CCCN(Cc2cccc(OCc3cscn3)c2)C1. The van der Waals surface area contributed by atoms with Gasteiger partial charge in [0.15, 0.2) is 0 Å². The third kappa shape index (κ3) is 4.29. The lowest BCUT2D eigenvalue weighted by Gasteiger charge is -2.31. The van der Waals surface area contributed by atoms with Crippen LogP contribution >= 0.6 is 11.3 Å². The second kappa shape index (κ2) is 7.72. The lowest BCUT2D eigenvalue weighted by atomic mass is 9.98. The summed E-state index contributed by atoms with van der Waals surface area (Å²) < 4.78 is 5.81. The van der Waals surface area contributed by atoms with Crippen LogP contribution in [-0.4, -0.2) is 34.7 Å². The smallest absolute Gasteiger partial charge is 0.131 e. The molecule has 0 amide bonds. The molecule has 1 N–H and O–H groups in total. The normalized spacial score (nSPS) is 19.2. The van der Waals surface area contributed by atoms with Gasteiger partial charge in [-0.15, -0.1) is 11.3 Å². The quantitative estimate of drug-likeness (QED) is 0.889. The van der Waals surface area contributed by atoms with E-state index in [2.05, 4.69) is 22.0 Å². The number of likely N-dealkylation sites (tertiary alicyclic amines) is 1. The Hall–Kier alpha value is -1.43. The molecule has 1 unspecified atom stereocenters. The highest BCUT2D eigenvalue weighted by atomic mass is 32.1. The van der Waals surface area contributed by atoms with E-state index in [9.17, 15) is 5.11 Å². The largest absolute Gasteiger partial charge is 0.487 e. The highest BCUT2D eigenvalue weighted by Crippen LogP contribution is 2.20. The number of rotatable bonds is 6. The average molecular weight is 318 g/mol. The van der Waals surface area contributed by atoms with E-state index in [1.54, 1.807) is 11.3 Å². The van der Waals surface area contributed by atoms with E-state index in [1.807, 2.05) is 23.0 Å². The third-order valence-electron chi connectivity index (χ3n) is 4.04. The van der Waals surface area contributed by atoms with Crippen molar-refractivity contribution < 1.29 is 9.84 Å². The molecule has 1 atom stereocenters. The van der Waals surface area contributed by atoms with Crippen molar-refractivity contribution in [3.8, 4) is 5.75 Å².